The monoisotopic (exact) mass is 226 g/mol. The summed E-state index contributed by atoms with van der Waals surface area (Å²) < 4.78 is 0. The van der Waals surface area contributed by atoms with Crippen molar-refractivity contribution in [2.24, 2.45) is 0 Å². The van der Waals surface area contributed by atoms with Crippen LogP contribution in [0.4, 0.5) is 0 Å². The zero-order valence-electron chi connectivity index (χ0n) is 9.53. The van der Waals surface area contributed by atoms with E-state index < -0.39 is 5.97 Å². The number of rotatable bonds is 4. The smallest absolute Gasteiger partial charge is 0.332 e. The second kappa shape index (κ2) is 5.65. The molecule has 1 fully saturated rings. The van der Waals surface area contributed by atoms with Crippen LogP contribution in [0.1, 0.15) is 19.8 Å². The molecule has 0 aromatic carbocycles. The van der Waals surface area contributed by atoms with Gasteiger partial charge in [0.15, 0.2) is 0 Å². The molecule has 16 heavy (non-hydrogen) atoms. The first-order valence-electron chi connectivity index (χ1n) is 5.39. The molecule has 5 heteroatoms. The van der Waals surface area contributed by atoms with Crippen LogP contribution in [-0.4, -0.2) is 47.6 Å². The minimum atomic E-state index is -0.941. The number of piperidine rings is 1. The Morgan fingerprint density at radius 3 is 2.44 bits per heavy atom. The predicted molar refractivity (Wildman–Crippen MR) is 60.1 cm³/mol. The van der Waals surface area contributed by atoms with Crippen LogP contribution in [0.15, 0.2) is 12.2 Å². The van der Waals surface area contributed by atoms with Crippen molar-refractivity contribution < 1.29 is 14.7 Å². The number of likely N-dealkylation sites (tertiary alicyclic amines) is 1. The number of carbonyl (C=O) groups excluding carboxylic acids is 1. The van der Waals surface area contributed by atoms with Gasteiger partial charge in [0.1, 0.15) is 0 Å². The number of carboxylic acid groups (broad SMARTS) is 1. The molecular formula is C11H18N2O3. The average Bonchev–Trinajstić information content (AvgIpc) is 2.20. The van der Waals surface area contributed by atoms with Gasteiger partial charge in [-0.2, -0.15) is 0 Å². The summed E-state index contributed by atoms with van der Waals surface area (Å²) in [4.78, 5) is 23.5. The van der Waals surface area contributed by atoms with Crippen molar-refractivity contribution in [3.05, 3.63) is 12.2 Å². The first-order valence-corrected chi connectivity index (χ1v) is 5.39. The fraction of sp³-hybridized carbons (Fsp3) is 0.636. The Bertz CT molecular complexity index is 294. The Labute approximate surface area is 95.1 Å². The molecular weight excluding hydrogens is 208 g/mol. The zero-order chi connectivity index (χ0) is 12.1. The second-order valence-corrected chi connectivity index (χ2v) is 4.16. The van der Waals surface area contributed by atoms with Crippen LogP contribution in [0.25, 0.3) is 0 Å². The van der Waals surface area contributed by atoms with Crippen molar-refractivity contribution in [1.82, 2.24) is 10.2 Å². The van der Waals surface area contributed by atoms with Gasteiger partial charge in [0, 0.05) is 38.2 Å². The lowest BCUT2D eigenvalue weighted by atomic mass is 10.0. The van der Waals surface area contributed by atoms with Crippen molar-refractivity contribution in [1.29, 1.82) is 0 Å². The molecule has 0 aromatic rings. The van der Waals surface area contributed by atoms with Crippen LogP contribution in [0.3, 0.4) is 0 Å². The summed E-state index contributed by atoms with van der Waals surface area (Å²) >= 11 is 0. The molecule has 0 atom stereocenters. The maximum Gasteiger partial charge on any atom is 0.332 e. The van der Waals surface area contributed by atoms with Gasteiger partial charge < -0.3 is 10.4 Å². The standard InChI is InChI=1S/C11H18N2O3/c1-8(11(15)16)7-13-5-3-10(4-6-13)12-9(2)14/h10H,1,3-7H2,2H3,(H,12,14)(H,15,16). The number of nitrogens with one attached hydrogen (secondary N) is 1. The van der Waals surface area contributed by atoms with Crippen molar-refractivity contribution in [2.75, 3.05) is 19.6 Å². The molecule has 1 saturated heterocycles. The lowest BCUT2D eigenvalue weighted by Gasteiger charge is -2.32. The second-order valence-electron chi connectivity index (χ2n) is 4.16. The summed E-state index contributed by atoms with van der Waals surface area (Å²) in [6, 6.07) is 0.229. The molecule has 1 heterocycles. The molecule has 0 aromatic heterocycles. The highest BCUT2D eigenvalue weighted by Gasteiger charge is 2.20. The van der Waals surface area contributed by atoms with Crippen LogP contribution in [0.5, 0.6) is 0 Å². The van der Waals surface area contributed by atoms with E-state index in [1.807, 2.05) is 0 Å². The molecule has 0 radical (unpaired) electrons. The van der Waals surface area contributed by atoms with Crippen molar-refractivity contribution in [2.45, 2.75) is 25.8 Å². The summed E-state index contributed by atoms with van der Waals surface area (Å²) in [5.41, 5.74) is 0.220. The van der Waals surface area contributed by atoms with Crippen LogP contribution in [0, 0.1) is 0 Å². The molecule has 1 amide bonds. The minimum Gasteiger partial charge on any atom is -0.478 e. The molecule has 1 rings (SSSR count). The lowest BCUT2D eigenvalue weighted by molar-refractivity contribution is -0.132. The maximum absolute atomic E-state index is 10.8. The molecule has 2 N–H and O–H groups in total. The van der Waals surface area contributed by atoms with Gasteiger partial charge >= 0.3 is 5.97 Å². The van der Waals surface area contributed by atoms with Gasteiger partial charge in [0.25, 0.3) is 0 Å². The largest absolute Gasteiger partial charge is 0.478 e. The third-order valence-corrected chi connectivity index (χ3v) is 2.71. The Balaban J connectivity index is 2.29. The van der Waals surface area contributed by atoms with Crippen molar-refractivity contribution in [3.8, 4) is 0 Å². The number of nitrogens with zero attached hydrogens (tertiary/aromatic N) is 1. The summed E-state index contributed by atoms with van der Waals surface area (Å²) in [6.07, 6.45) is 1.74. The highest BCUT2D eigenvalue weighted by molar-refractivity contribution is 5.86. The van der Waals surface area contributed by atoms with Gasteiger partial charge in [-0.05, 0) is 12.8 Å². The van der Waals surface area contributed by atoms with E-state index in [9.17, 15) is 9.59 Å². The van der Waals surface area contributed by atoms with E-state index in [-0.39, 0.29) is 17.5 Å². The first-order chi connectivity index (χ1) is 7.49. The highest BCUT2D eigenvalue weighted by atomic mass is 16.4. The summed E-state index contributed by atoms with van der Waals surface area (Å²) in [7, 11) is 0. The fourth-order valence-corrected chi connectivity index (χ4v) is 1.86. The molecule has 5 nitrogen and oxygen atoms in total. The SMILES string of the molecule is C=C(CN1CCC(NC(C)=O)CC1)C(=O)O. The normalized spacial score (nSPS) is 18.1. The molecule has 1 aliphatic rings. The van der Waals surface area contributed by atoms with Gasteiger partial charge in [-0.25, -0.2) is 4.79 Å². The van der Waals surface area contributed by atoms with Gasteiger partial charge in [0.05, 0.1) is 0 Å². The number of carbonyl (C=O) groups is 2. The van der Waals surface area contributed by atoms with Crippen molar-refractivity contribution in [3.63, 3.8) is 0 Å². The number of carboxylic acids is 1. The molecule has 0 saturated carbocycles. The zero-order valence-corrected chi connectivity index (χ0v) is 9.53. The third-order valence-electron chi connectivity index (χ3n) is 2.71. The minimum absolute atomic E-state index is 0.00612. The molecule has 0 unspecified atom stereocenters. The number of hydrogen-bond donors (Lipinski definition) is 2. The molecule has 0 aliphatic carbocycles. The predicted octanol–water partition coefficient (Wildman–Crippen LogP) is 0.228. The number of hydrogen-bond acceptors (Lipinski definition) is 3. The van der Waals surface area contributed by atoms with E-state index in [4.69, 9.17) is 5.11 Å². The van der Waals surface area contributed by atoms with Crippen molar-refractivity contribution >= 4 is 11.9 Å². The Morgan fingerprint density at radius 2 is 2.00 bits per heavy atom. The van der Waals surface area contributed by atoms with E-state index >= 15 is 0 Å². The topological polar surface area (TPSA) is 69.6 Å². The Kier molecular flexibility index (Phi) is 4.49. The van der Waals surface area contributed by atoms with E-state index in [1.54, 1.807) is 0 Å². The highest BCUT2D eigenvalue weighted by Crippen LogP contribution is 2.11. The lowest BCUT2D eigenvalue weighted by Crippen LogP contribution is -2.44. The van der Waals surface area contributed by atoms with E-state index in [0.29, 0.717) is 6.54 Å². The quantitative estimate of drug-likeness (QED) is 0.673. The Hall–Kier alpha value is -1.36. The first kappa shape index (κ1) is 12.7. The molecule has 1 aliphatic heterocycles. The van der Waals surface area contributed by atoms with Gasteiger partial charge in [-0.15, -0.1) is 0 Å². The summed E-state index contributed by atoms with van der Waals surface area (Å²) in [6.45, 7) is 7.03. The van der Waals surface area contributed by atoms with E-state index in [1.165, 1.54) is 6.92 Å². The number of amides is 1. The molecule has 0 spiro atoms. The number of aliphatic carboxylic acids is 1. The van der Waals surface area contributed by atoms with E-state index in [0.717, 1.165) is 25.9 Å². The molecule has 0 bridgehead atoms. The van der Waals surface area contributed by atoms with Crippen LogP contribution in [-0.2, 0) is 9.59 Å². The average molecular weight is 226 g/mol. The fourth-order valence-electron chi connectivity index (χ4n) is 1.86. The summed E-state index contributed by atoms with van der Waals surface area (Å²) in [5, 5.41) is 11.6. The van der Waals surface area contributed by atoms with Gasteiger partial charge in [-0.3, -0.25) is 9.69 Å². The van der Waals surface area contributed by atoms with E-state index in [2.05, 4.69) is 16.8 Å². The van der Waals surface area contributed by atoms with Crippen LogP contribution < -0.4 is 5.32 Å². The molecule has 90 valence electrons. The van der Waals surface area contributed by atoms with Gasteiger partial charge in [-0.1, -0.05) is 6.58 Å². The van der Waals surface area contributed by atoms with Crippen LogP contribution >= 0.6 is 0 Å². The van der Waals surface area contributed by atoms with Crippen LogP contribution in [0.2, 0.25) is 0 Å². The Morgan fingerprint density at radius 1 is 1.44 bits per heavy atom. The van der Waals surface area contributed by atoms with Gasteiger partial charge in [0.2, 0.25) is 5.91 Å². The third kappa shape index (κ3) is 4.02. The maximum atomic E-state index is 10.8. The summed E-state index contributed by atoms with van der Waals surface area (Å²) in [5.74, 6) is -0.947.